The molecule has 5 rings (SSSR count). The molecule has 230 valence electrons. The van der Waals surface area contributed by atoms with Gasteiger partial charge in [-0.05, 0) is 92.8 Å². The Hall–Kier alpha value is -4.64. The first-order chi connectivity index (χ1) is 20.9. The summed E-state index contributed by atoms with van der Waals surface area (Å²) in [6.07, 6.45) is 1.45. The Bertz CT molecular complexity index is 1600. The SMILES string of the molecule is COc1ccc(CN(C(=O)OC(C)(C)C)c2cc(C[C@H]3C(=O)N(C(=O)N4CCc5cc(Cl)ccc54)[C@@H]3C(=O)O)ccn2)cc1. The Morgan fingerprint density at radius 1 is 1.07 bits per heavy atom. The molecule has 44 heavy (non-hydrogen) atoms. The number of carbonyl (C=O) groups is 4. The summed E-state index contributed by atoms with van der Waals surface area (Å²) in [6, 6.07) is 13.6. The van der Waals surface area contributed by atoms with Crippen molar-refractivity contribution in [1.82, 2.24) is 9.88 Å². The van der Waals surface area contributed by atoms with Crippen molar-refractivity contribution < 1.29 is 33.8 Å². The van der Waals surface area contributed by atoms with Gasteiger partial charge in [0.25, 0.3) is 0 Å². The van der Waals surface area contributed by atoms with Gasteiger partial charge in [0.1, 0.15) is 17.2 Å². The first-order valence-electron chi connectivity index (χ1n) is 14.1. The average Bonchev–Trinajstić information content (AvgIpc) is 3.39. The molecule has 0 radical (unpaired) electrons. The van der Waals surface area contributed by atoms with Gasteiger partial charge in [0.15, 0.2) is 6.04 Å². The predicted octanol–water partition coefficient (Wildman–Crippen LogP) is 5.32. The lowest BCUT2D eigenvalue weighted by molar-refractivity contribution is -0.165. The second kappa shape index (κ2) is 12.2. The molecule has 3 aromatic rings. The zero-order valence-electron chi connectivity index (χ0n) is 24.8. The van der Waals surface area contributed by atoms with Gasteiger partial charge in [-0.2, -0.15) is 0 Å². The topological polar surface area (TPSA) is 130 Å². The van der Waals surface area contributed by atoms with Crippen molar-refractivity contribution in [2.45, 2.75) is 51.8 Å². The van der Waals surface area contributed by atoms with Gasteiger partial charge in [0.2, 0.25) is 5.91 Å². The van der Waals surface area contributed by atoms with Gasteiger partial charge in [0.05, 0.1) is 19.6 Å². The molecule has 11 nitrogen and oxygen atoms in total. The number of carboxylic acid groups (broad SMARTS) is 1. The Morgan fingerprint density at radius 3 is 2.45 bits per heavy atom. The highest BCUT2D eigenvalue weighted by atomic mass is 35.5. The second-order valence-electron chi connectivity index (χ2n) is 11.7. The lowest BCUT2D eigenvalue weighted by atomic mass is 9.82. The molecule has 2 aliphatic rings. The van der Waals surface area contributed by atoms with E-state index < -0.39 is 41.6 Å². The van der Waals surface area contributed by atoms with Crippen LogP contribution in [0.15, 0.2) is 60.8 Å². The number of halogens is 1. The van der Waals surface area contributed by atoms with E-state index in [1.807, 2.05) is 12.1 Å². The van der Waals surface area contributed by atoms with Crippen LogP contribution in [0.4, 0.5) is 21.1 Å². The summed E-state index contributed by atoms with van der Waals surface area (Å²) in [4.78, 5) is 60.3. The van der Waals surface area contributed by atoms with E-state index in [9.17, 15) is 24.3 Å². The van der Waals surface area contributed by atoms with Crippen molar-refractivity contribution in [3.63, 3.8) is 0 Å². The number of anilines is 2. The smallest absolute Gasteiger partial charge is 0.416 e. The summed E-state index contributed by atoms with van der Waals surface area (Å²) in [6.45, 7) is 5.74. The summed E-state index contributed by atoms with van der Waals surface area (Å²) in [7, 11) is 1.57. The van der Waals surface area contributed by atoms with Crippen molar-refractivity contribution in [2.75, 3.05) is 23.5 Å². The van der Waals surface area contributed by atoms with Crippen molar-refractivity contribution in [1.29, 1.82) is 0 Å². The number of carbonyl (C=O) groups excluding carboxylic acids is 3. The number of benzene rings is 2. The Labute approximate surface area is 259 Å². The summed E-state index contributed by atoms with van der Waals surface area (Å²) in [5.74, 6) is -1.89. The molecule has 1 N–H and O–H groups in total. The zero-order chi connectivity index (χ0) is 31.8. The summed E-state index contributed by atoms with van der Waals surface area (Å²) in [5, 5.41) is 10.6. The number of hydrogen-bond donors (Lipinski definition) is 1. The highest BCUT2D eigenvalue weighted by molar-refractivity contribution is 6.30. The van der Waals surface area contributed by atoms with Gasteiger partial charge in [-0.3, -0.25) is 14.6 Å². The average molecular weight is 621 g/mol. The van der Waals surface area contributed by atoms with E-state index in [1.54, 1.807) is 70.3 Å². The van der Waals surface area contributed by atoms with Gasteiger partial charge in [-0.15, -0.1) is 0 Å². The van der Waals surface area contributed by atoms with Crippen LogP contribution in [0.5, 0.6) is 5.75 Å². The molecule has 0 bridgehead atoms. The lowest BCUT2D eigenvalue weighted by Gasteiger charge is -2.44. The van der Waals surface area contributed by atoms with Crippen LogP contribution in [0.3, 0.4) is 0 Å². The predicted molar refractivity (Wildman–Crippen MR) is 163 cm³/mol. The molecule has 0 aliphatic carbocycles. The highest BCUT2D eigenvalue weighted by Crippen LogP contribution is 2.36. The third-order valence-electron chi connectivity index (χ3n) is 7.50. The van der Waals surface area contributed by atoms with E-state index >= 15 is 0 Å². The maximum Gasteiger partial charge on any atom is 0.416 e. The van der Waals surface area contributed by atoms with Crippen molar-refractivity contribution in [3.8, 4) is 5.75 Å². The number of aromatic nitrogens is 1. The number of ether oxygens (including phenoxy) is 2. The van der Waals surface area contributed by atoms with Crippen molar-refractivity contribution in [3.05, 3.63) is 82.5 Å². The van der Waals surface area contributed by atoms with Crippen LogP contribution in [-0.2, 0) is 33.7 Å². The van der Waals surface area contributed by atoms with Gasteiger partial charge in [-0.25, -0.2) is 24.3 Å². The monoisotopic (exact) mass is 620 g/mol. The van der Waals surface area contributed by atoms with Crippen molar-refractivity contribution in [2.24, 2.45) is 5.92 Å². The Balaban J connectivity index is 1.36. The molecule has 12 heteroatoms. The number of amides is 4. The van der Waals surface area contributed by atoms with Gasteiger partial charge < -0.3 is 14.6 Å². The molecule has 1 fully saturated rings. The molecule has 2 atom stereocenters. The number of aliphatic carboxylic acids is 1. The van der Waals surface area contributed by atoms with E-state index in [0.717, 1.165) is 16.0 Å². The number of β-lactam (4-membered cyclic amide) rings is 1. The van der Waals surface area contributed by atoms with Crippen LogP contribution in [0.25, 0.3) is 0 Å². The number of rotatable bonds is 7. The summed E-state index contributed by atoms with van der Waals surface area (Å²) < 4.78 is 10.9. The van der Waals surface area contributed by atoms with E-state index in [4.69, 9.17) is 21.1 Å². The minimum Gasteiger partial charge on any atom is -0.497 e. The molecular weight excluding hydrogens is 588 g/mol. The van der Waals surface area contributed by atoms with E-state index in [-0.39, 0.29) is 18.8 Å². The maximum absolute atomic E-state index is 13.4. The number of urea groups is 1. The van der Waals surface area contributed by atoms with Crippen LogP contribution >= 0.6 is 11.6 Å². The van der Waals surface area contributed by atoms with Gasteiger partial charge in [0, 0.05) is 23.5 Å². The maximum atomic E-state index is 13.4. The number of pyridine rings is 1. The first-order valence-corrected chi connectivity index (χ1v) is 14.5. The number of imide groups is 1. The summed E-state index contributed by atoms with van der Waals surface area (Å²) in [5.41, 5.74) is 2.08. The fourth-order valence-corrected chi connectivity index (χ4v) is 5.60. The number of methoxy groups -OCH3 is 1. The Kier molecular flexibility index (Phi) is 8.51. The summed E-state index contributed by atoms with van der Waals surface area (Å²) >= 11 is 6.08. The van der Waals surface area contributed by atoms with Crippen LogP contribution < -0.4 is 14.5 Å². The largest absolute Gasteiger partial charge is 0.497 e. The minimum absolute atomic E-state index is 0.0337. The lowest BCUT2D eigenvalue weighted by Crippen LogP contribution is -2.69. The number of likely N-dealkylation sites (tertiary alicyclic amines) is 1. The quantitative estimate of drug-likeness (QED) is 0.351. The molecule has 1 saturated heterocycles. The molecule has 2 aromatic carbocycles. The van der Waals surface area contributed by atoms with E-state index in [1.165, 1.54) is 16.0 Å². The van der Waals surface area contributed by atoms with E-state index in [2.05, 4.69) is 4.98 Å². The molecule has 0 unspecified atom stereocenters. The standard InChI is InChI=1S/C32H33ClN4O7/c1-32(2,3)44-31(42)36(18-19-5-8-23(43-4)9-6-19)26-16-20(11-13-34-26)15-24-27(29(39)40)37(28(24)38)30(41)35-14-12-21-17-22(33)7-10-25(21)35/h5-11,13,16-17,24,27H,12,14-15,18H2,1-4H3,(H,39,40)/t24-,27+/m1/s1. The van der Waals surface area contributed by atoms with Crippen LogP contribution in [0, 0.1) is 5.92 Å². The third kappa shape index (κ3) is 6.33. The van der Waals surface area contributed by atoms with Crippen LogP contribution in [0.1, 0.15) is 37.5 Å². The first kappa shape index (κ1) is 30.8. The number of hydrogen-bond acceptors (Lipinski definition) is 7. The molecule has 0 saturated carbocycles. The third-order valence-corrected chi connectivity index (χ3v) is 7.73. The van der Waals surface area contributed by atoms with Gasteiger partial charge >= 0.3 is 18.1 Å². The number of nitrogens with zero attached hydrogens (tertiary/aromatic N) is 4. The fourth-order valence-electron chi connectivity index (χ4n) is 5.40. The molecule has 4 amide bonds. The molecule has 0 spiro atoms. The van der Waals surface area contributed by atoms with Crippen LogP contribution in [-0.4, -0.2) is 64.3 Å². The second-order valence-corrected chi connectivity index (χ2v) is 12.1. The minimum atomic E-state index is -1.34. The van der Waals surface area contributed by atoms with Gasteiger partial charge in [-0.1, -0.05) is 23.7 Å². The van der Waals surface area contributed by atoms with Crippen LogP contribution in [0.2, 0.25) is 5.02 Å². The van der Waals surface area contributed by atoms with Crippen molar-refractivity contribution >= 4 is 47.1 Å². The normalized spacial score (nSPS) is 17.5. The zero-order valence-corrected chi connectivity index (χ0v) is 25.6. The fraction of sp³-hybridized carbons (Fsp3) is 0.344. The van der Waals surface area contributed by atoms with E-state index in [0.29, 0.717) is 35.0 Å². The molecule has 2 aliphatic heterocycles. The number of fused-ring (bicyclic) bond motifs is 1. The molecular formula is C32H33ClN4O7. The Morgan fingerprint density at radius 2 is 1.80 bits per heavy atom. The molecule has 3 heterocycles. The number of carboxylic acids is 1. The highest BCUT2D eigenvalue weighted by Gasteiger charge is 2.56. The molecule has 1 aromatic heterocycles.